The molecule has 1 saturated carbocycles. The molecule has 0 amide bonds. The first-order valence-electron chi connectivity index (χ1n) is 7.19. The van der Waals surface area contributed by atoms with Crippen LogP contribution in [-0.2, 0) is 0 Å². The second kappa shape index (κ2) is 5.53. The van der Waals surface area contributed by atoms with Gasteiger partial charge in [-0.05, 0) is 37.8 Å². The first-order chi connectivity index (χ1) is 10.1. The van der Waals surface area contributed by atoms with E-state index in [4.69, 9.17) is 11.6 Å². The van der Waals surface area contributed by atoms with Gasteiger partial charge in [-0.1, -0.05) is 42.1 Å². The highest BCUT2D eigenvalue weighted by molar-refractivity contribution is 6.30. The van der Waals surface area contributed by atoms with E-state index in [-0.39, 0.29) is 16.6 Å². The minimum atomic E-state index is -0.490. The molecule has 0 saturated heterocycles. The second-order valence-electron chi connectivity index (χ2n) is 5.62. The average molecular weight is 305 g/mol. The first-order valence-corrected chi connectivity index (χ1v) is 7.57. The lowest BCUT2D eigenvalue weighted by atomic mass is 10.0. The Labute approximate surface area is 127 Å². The number of hydrogen-bond acceptors (Lipinski definition) is 2. The van der Waals surface area contributed by atoms with E-state index >= 15 is 0 Å². The van der Waals surface area contributed by atoms with E-state index in [1.807, 2.05) is 19.1 Å². The summed E-state index contributed by atoms with van der Waals surface area (Å²) in [4.78, 5) is 27.5. The van der Waals surface area contributed by atoms with Crippen molar-refractivity contribution < 1.29 is 0 Å². The summed E-state index contributed by atoms with van der Waals surface area (Å²) in [7, 11) is 0. The van der Waals surface area contributed by atoms with E-state index in [2.05, 4.69) is 4.98 Å². The van der Waals surface area contributed by atoms with Crippen LogP contribution in [0.3, 0.4) is 0 Å². The molecule has 0 unspecified atom stereocenters. The Morgan fingerprint density at radius 1 is 1.14 bits per heavy atom. The Morgan fingerprint density at radius 3 is 2.38 bits per heavy atom. The molecule has 1 aromatic heterocycles. The van der Waals surface area contributed by atoms with E-state index in [1.54, 1.807) is 12.1 Å². The van der Waals surface area contributed by atoms with Gasteiger partial charge in [0.15, 0.2) is 0 Å². The fourth-order valence-electron chi connectivity index (χ4n) is 3.02. The van der Waals surface area contributed by atoms with Gasteiger partial charge in [-0.15, -0.1) is 0 Å². The Morgan fingerprint density at radius 2 is 1.76 bits per heavy atom. The van der Waals surface area contributed by atoms with Crippen LogP contribution in [0.15, 0.2) is 33.9 Å². The largest absolute Gasteiger partial charge is 0.334 e. The molecule has 2 aromatic rings. The number of nitrogens with one attached hydrogen (secondary N) is 1. The third kappa shape index (κ3) is 2.56. The standard InChI is InChI=1S/C16H17ClN2O2/c1-10-6-8-12(9-7-10)19-15(20)13(11-4-2-3-5-11)14(17)18-16(19)21/h6-9,11H,2-5H2,1H3,(H,18,21). The molecule has 5 heteroatoms. The molecule has 110 valence electrons. The van der Waals surface area contributed by atoms with E-state index in [0.29, 0.717) is 11.3 Å². The van der Waals surface area contributed by atoms with E-state index < -0.39 is 5.69 Å². The molecule has 1 heterocycles. The number of benzene rings is 1. The molecule has 4 nitrogen and oxygen atoms in total. The summed E-state index contributed by atoms with van der Waals surface area (Å²) in [5.41, 5.74) is 1.42. The van der Waals surface area contributed by atoms with Crippen molar-refractivity contribution in [3.63, 3.8) is 0 Å². The van der Waals surface area contributed by atoms with E-state index in [1.165, 1.54) is 4.57 Å². The lowest BCUT2D eigenvalue weighted by Crippen LogP contribution is -2.36. The maximum absolute atomic E-state index is 12.7. The summed E-state index contributed by atoms with van der Waals surface area (Å²) >= 11 is 6.13. The van der Waals surface area contributed by atoms with Crippen LogP contribution in [0.4, 0.5) is 0 Å². The van der Waals surface area contributed by atoms with Gasteiger partial charge in [0, 0.05) is 0 Å². The maximum Gasteiger partial charge on any atom is 0.334 e. The van der Waals surface area contributed by atoms with Gasteiger partial charge >= 0.3 is 5.69 Å². The summed E-state index contributed by atoms with van der Waals surface area (Å²) in [5.74, 6) is 0.151. The number of aromatic nitrogens is 2. The van der Waals surface area contributed by atoms with Crippen molar-refractivity contribution >= 4 is 11.6 Å². The second-order valence-corrected chi connectivity index (χ2v) is 5.99. The van der Waals surface area contributed by atoms with Gasteiger partial charge in [-0.3, -0.25) is 9.78 Å². The van der Waals surface area contributed by atoms with Crippen LogP contribution in [-0.4, -0.2) is 9.55 Å². The summed E-state index contributed by atoms with van der Waals surface area (Å²) in [6, 6.07) is 7.31. The van der Waals surface area contributed by atoms with E-state index in [0.717, 1.165) is 31.2 Å². The third-order valence-electron chi connectivity index (χ3n) is 4.15. The van der Waals surface area contributed by atoms with Gasteiger partial charge in [-0.25, -0.2) is 9.36 Å². The van der Waals surface area contributed by atoms with Crippen molar-refractivity contribution in [3.8, 4) is 5.69 Å². The SMILES string of the molecule is Cc1ccc(-n2c(=O)[nH]c(Cl)c(C3CCCC3)c2=O)cc1. The lowest BCUT2D eigenvalue weighted by Gasteiger charge is -2.13. The monoisotopic (exact) mass is 304 g/mol. The molecule has 1 aliphatic carbocycles. The van der Waals surface area contributed by atoms with E-state index in [9.17, 15) is 9.59 Å². The Hall–Kier alpha value is -1.81. The highest BCUT2D eigenvalue weighted by Crippen LogP contribution is 2.34. The number of hydrogen-bond donors (Lipinski definition) is 1. The number of nitrogens with zero attached hydrogens (tertiary/aromatic N) is 1. The molecule has 0 radical (unpaired) electrons. The Bertz CT molecular complexity index is 768. The van der Waals surface area contributed by atoms with Crippen LogP contribution < -0.4 is 11.2 Å². The molecule has 1 fully saturated rings. The van der Waals surface area contributed by atoms with Crippen LogP contribution in [0.5, 0.6) is 0 Å². The van der Waals surface area contributed by atoms with Crippen molar-refractivity contribution in [2.45, 2.75) is 38.5 Å². The third-order valence-corrected chi connectivity index (χ3v) is 4.44. The highest BCUT2D eigenvalue weighted by atomic mass is 35.5. The van der Waals surface area contributed by atoms with Crippen molar-refractivity contribution in [2.75, 3.05) is 0 Å². The molecular formula is C16H17ClN2O2. The van der Waals surface area contributed by atoms with Gasteiger partial charge in [0.05, 0.1) is 11.3 Å². The molecule has 1 aliphatic rings. The topological polar surface area (TPSA) is 54.9 Å². The average Bonchev–Trinajstić information content (AvgIpc) is 2.94. The summed E-state index contributed by atoms with van der Waals surface area (Å²) < 4.78 is 1.18. The summed E-state index contributed by atoms with van der Waals surface area (Å²) in [6.07, 6.45) is 4.11. The lowest BCUT2D eigenvalue weighted by molar-refractivity contribution is 0.688. The fourth-order valence-corrected chi connectivity index (χ4v) is 3.34. The van der Waals surface area contributed by atoms with Gasteiger partial charge in [0.25, 0.3) is 5.56 Å². The normalized spacial score (nSPS) is 15.5. The summed E-state index contributed by atoms with van der Waals surface area (Å²) in [6.45, 7) is 1.96. The predicted molar refractivity (Wildman–Crippen MR) is 83.6 cm³/mol. The first kappa shape index (κ1) is 14.1. The molecule has 1 aromatic carbocycles. The molecular weight excluding hydrogens is 288 g/mol. The molecule has 0 aliphatic heterocycles. The molecule has 0 atom stereocenters. The van der Waals surface area contributed by atoms with Crippen molar-refractivity contribution in [2.24, 2.45) is 0 Å². The predicted octanol–water partition coefficient (Wildman–Crippen LogP) is 3.15. The van der Waals surface area contributed by atoms with Gasteiger partial charge in [0.2, 0.25) is 0 Å². The van der Waals surface area contributed by atoms with Gasteiger partial charge in [0.1, 0.15) is 5.15 Å². The zero-order valence-corrected chi connectivity index (χ0v) is 12.6. The number of rotatable bonds is 2. The van der Waals surface area contributed by atoms with Crippen LogP contribution in [0.2, 0.25) is 5.15 Å². The number of H-pyrrole nitrogens is 1. The minimum absolute atomic E-state index is 0.151. The molecule has 0 bridgehead atoms. The number of halogens is 1. The van der Waals surface area contributed by atoms with Crippen LogP contribution >= 0.6 is 11.6 Å². The quantitative estimate of drug-likeness (QED) is 0.867. The van der Waals surface area contributed by atoms with Gasteiger partial charge in [-0.2, -0.15) is 0 Å². The van der Waals surface area contributed by atoms with Crippen LogP contribution in [0.1, 0.15) is 42.7 Å². The smallest absolute Gasteiger partial charge is 0.297 e. The molecule has 1 N–H and O–H groups in total. The molecule has 3 rings (SSSR count). The summed E-state index contributed by atoms with van der Waals surface area (Å²) in [5, 5.41) is 0.195. The van der Waals surface area contributed by atoms with Crippen molar-refractivity contribution in [1.29, 1.82) is 0 Å². The fraction of sp³-hybridized carbons (Fsp3) is 0.375. The Balaban J connectivity index is 2.21. The zero-order valence-electron chi connectivity index (χ0n) is 11.9. The zero-order chi connectivity index (χ0) is 15.0. The minimum Gasteiger partial charge on any atom is -0.297 e. The number of aryl methyl sites for hydroxylation is 1. The van der Waals surface area contributed by atoms with Crippen LogP contribution in [0.25, 0.3) is 5.69 Å². The van der Waals surface area contributed by atoms with Gasteiger partial charge < -0.3 is 0 Å². The van der Waals surface area contributed by atoms with Crippen molar-refractivity contribution in [3.05, 3.63) is 61.4 Å². The number of aromatic amines is 1. The highest BCUT2D eigenvalue weighted by Gasteiger charge is 2.25. The van der Waals surface area contributed by atoms with Crippen LogP contribution in [0, 0.1) is 6.92 Å². The molecule has 0 spiro atoms. The maximum atomic E-state index is 12.7. The van der Waals surface area contributed by atoms with Crippen molar-refractivity contribution in [1.82, 2.24) is 9.55 Å². The molecule has 21 heavy (non-hydrogen) atoms. The Kier molecular flexibility index (Phi) is 3.72.